The quantitative estimate of drug-likeness (QED) is 0.390. The summed E-state index contributed by atoms with van der Waals surface area (Å²) < 4.78 is 25.8. The number of sulfone groups is 1. The average Bonchev–Trinajstić information content (AvgIpc) is 2.74. The van der Waals surface area contributed by atoms with Crippen LogP contribution in [0.1, 0.15) is 15.9 Å². The van der Waals surface area contributed by atoms with Gasteiger partial charge in [-0.2, -0.15) is 0 Å². The van der Waals surface area contributed by atoms with Crippen LogP contribution < -0.4 is 5.32 Å². The Morgan fingerprint density at radius 1 is 0.935 bits per heavy atom. The SMILES string of the molecule is O=C(NCCc1ccccc1Cl)c1ccc(S(=O)(=O)c2ccccc2Cl)c([N+](=O)[O-])c1. The fraction of sp³-hybridized carbons (Fsp3) is 0.0952. The highest BCUT2D eigenvalue weighted by molar-refractivity contribution is 7.91. The van der Waals surface area contributed by atoms with Crippen LogP contribution in [-0.2, 0) is 16.3 Å². The van der Waals surface area contributed by atoms with E-state index in [-0.39, 0.29) is 22.0 Å². The highest BCUT2D eigenvalue weighted by Crippen LogP contribution is 2.33. The summed E-state index contributed by atoms with van der Waals surface area (Å²) in [6.07, 6.45) is 0.465. The third-order valence-corrected chi connectivity index (χ3v) is 7.14. The van der Waals surface area contributed by atoms with Crippen molar-refractivity contribution in [3.8, 4) is 0 Å². The van der Waals surface area contributed by atoms with Crippen LogP contribution in [-0.4, -0.2) is 25.8 Å². The van der Waals surface area contributed by atoms with Gasteiger partial charge in [-0.15, -0.1) is 0 Å². The van der Waals surface area contributed by atoms with E-state index in [1.165, 1.54) is 24.3 Å². The summed E-state index contributed by atoms with van der Waals surface area (Å²) in [7, 11) is -4.27. The van der Waals surface area contributed by atoms with E-state index in [9.17, 15) is 23.3 Å². The Morgan fingerprint density at radius 3 is 2.23 bits per heavy atom. The van der Waals surface area contributed by atoms with E-state index in [0.29, 0.717) is 11.4 Å². The number of amides is 1. The number of rotatable bonds is 7. The minimum Gasteiger partial charge on any atom is -0.352 e. The van der Waals surface area contributed by atoms with Gasteiger partial charge in [-0.1, -0.05) is 53.5 Å². The zero-order valence-electron chi connectivity index (χ0n) is 15.9. The second-order valence-corrected chi connectivity index (χ2v) is 9.17. The first kappa shape index (κ1) is 22.7. The number of carbonyl (C=O) groups is 1. The predicted octanol–water partition coefficient (Wildman–Crippen LogP) is 4.71. The smallest absolute Gasteiger partial charge is 0.289 e. The molecule has 7 nitrogen and oxygen atoms in total. The van der Waals surface area contributed by atoms with E-state index in [2.05, 4.69) is 5.32 Å². The fourth-order valence-electron chi connectivity index (χ4n) is 2.92. The average molecular weight is 479 g/mol. The van der Waals surface area contributed by atoms with Crippen molar-refractivity contribution >= 4 is 44.6 Å². The molecule has 1 amide bonds. The van der Waals surface area contributed by atoms with Crippen LogP contribution in [0.4, 0.5) is 5.69 Å². The molecule has 3 aromatic rings. The van der Waals surface area contributed by atoms with E-state index in [0.717, 1.165) is 17.7 Å². The van der Waals surface area contributed by atoms with Crippen molar-refractivity contribution in [2.24, 2.45) is 0 Å². The molecule has 0 heterocycles. The maximum atomic E-state index is 12.9. The van der Waals surface area contributed by atoms with Gasteiger partial charge in [-0.25, -0.2) is 8.42 Å². The Bertz CT molecular complexity index is 1260. The Balaban J connectivity index is 1.85. The maximum absolute atomic E-state index is 12.9. The van der Waals surface area contributed by atoms with Crippen molar-refractivity contribution in [1.29, 1.82) is 0 Å². The zero-order chi connectivity index (χ0) is 22.6. The molecule has 0 atom stereocenters. The van der Waals surface area contributed by atoms with Gasteiger partial charge in [-0.05, 0) is 42.3 Å². The molecule has 0 saturated carbocycles. The first-order chi connectivity index (χ1) is 14.7. The summed E-state index contributed by atoms with van der Waals surface area (Å²) in [5, 5.41) is 14.7. The predicted molar refractivity (Wildman–Crippen MR) is 117 cm³/mol. The maximum Gasteiger partial charge on any atom is 0.289 e. The molecule has 3 aromatic carbocycles. The molecule has 0 saturated heterocycles. The molecule has 0 aliphatic carbocycles. The summed E-state index contributed by atoms with van der Waals surface area (Å²) in [5.74, 6) is -0.572. The third kappa shape index (κ3) is 5.04. The molecular formula is C21H16Cl2N2O5S. The number of carbonyl (C=O) groups excluding carboxylic acids is 1. The van der Waals surface area contributed by atoms with Crippen LogP contribution in [0.5, 0.6) is 0 Å². The highest BCUT2D eigenvalue weighted by atomic mass is 35.5. The molecule has 3 rings (SSSR count). The molecule has 0 radical (unpaired) electrons. The third-order valence-electron chi connectivity index (χ3n) is 4.47. The summed E-state index contributed by atoms with van der Waals surface area (Å²) >= 11 is 12.0. The number of benzene rings is 3. The summed E-state index contributed by atoms with van der Waals surface area (Å²) in [4.78, 5) is 22.4. The largest absolute Gasteiger partial charge is 0.352 e. The lowest BCUT2D eigenvalue weighted by Gasteiger charge is -2.10. The Morgan fingerprint density at radius 2 is 1.58 bits per heavy atom. The standard InChI is InChI=1S/C21H16Cl2N2O5S/c22-16-6-2-1-5-14(16)11-12-24-21(26)15-9-10-20(18(13-15)25(27)28)31(29,30)19-8-4-3-7-17(19)23/h1-10,13H,11-12H2,(H,24,26). The molecule has 31 heavy (non-hydrogen) atoms. The molecule has 0 bridgehead atoms. The number of nitrogens with zero attached hydrogens (tertiary/aromatic N) is 1. The van der Waals surface area contributed by atoms with Crippen molar-refractivity contribution in [3.63, 3.8) is 0 Å². The van der Waals surface area contributed by atoms with E-state index in [1.54, 1.807) is 18.2 Å². The van der Waals surface area contributed by atoms with Crippen LogP contribution in [0.2, 0.25) is 10.0 Å². The van der Waals surface area contributed by atoms with Crippen molar-refractivity contribution in [2.75, 3.05) is 6.54 Å². The van der Waals surface area contributed by atoms with Gasteiger partial charge >= 0.3 is 0 Å². The summed E-state index contributed by atoms with van der Waals surface area (Å²) in [6, 6.07) is 16.0. The van der Waals surface area contributed by atoms with E-state index < -0.39 is 31.3 Å². The number of nitro groups is 1. The van der Waals surface area contributed by atoms with Crippen LogP contribution in [0.15, 0.2) is 76.5 Å². The first-order valence-electron chi connectivity index (χ1n) is 9.01. The van der Waals surface area contributed by atoms with Gasteiger partial charge in [0.2, 0.25) is 9.84 Å². The van der Waals surface area contributed by atoms with Gasteiger partial charge in [0, 0.05) is 23.2 Å². The molecule has 0 aromatic heterocycles. The van der Waals surface area contributed by atoms with Crippen LogP contribution >= 0.6 is 23.2 Å². The molecule has 1 N–H and O–H groups in total. The molecule has 160 valence electrons. The molecule has 0 unspecified atom stereocenters. The second kappa shape index (κ2) is 9.47. The number of hydrogen-bond acceptors (Lipinski definition) is 5. The van der Waals surface area contributed by atoms with Gasteiger partial charge in [-0.3, -0.25) is 14.9 Å². The molecule has 10 heteroatoms. The molecule has 0 spiro atoms. The zero-order valence-corrected chi connectivity index (χ0v) is 18.2. The van der Waals surface area contributed by atoms with Crippen molar-refractivity contribution < 1.29 is 18.1 Å². The van der Waals surface area contributed by atoms with Crippen molar-refractivity contribution in [3.05, 3.63) is 98.0 Å². The highest BCUT2D eigenvalue weighted by Gasteiger charge is 2.30. The lowest BCUT2D eigenvalue weighted by atomic mass is 10.1. The lowest BCUT2D eigenvalue weighted by molar-refractivity contribution is -0.387. The van der Waals surface area contributed by atoms with Gasteiger partial charge in [0.15, 0.2) is 0 Å². The van der Waals surface area contributed by atoms with Gasteiger partial charge in [0.1, 0.15) is 4.90 Å². The van der Waals surface area contributed by atoms with Crippen LogP contribution in [0.25, 0.3) is 0 Å². The molecular weight excluding hydrogens is 463 g/mol. The Kier molecular flexibility index (Phi) is 6.94. The Labute approximate surface area is 188 Å². The fourth-order valence-corrected chi connectivity index (χ4v) is 5.07. The Hall–Kier alpha value is -2.94. The van der Waals surface area contributed by atoms with Gasteiger partial charge < -0.3 is 5.32 Å². The van der Waals surface area contributed by atoms with Crippen LogP contribution in [0.3, 0.4) is 0 Å². The van der Waals surface area contributed by atoms with E-state index in [4.69, 9.17) is 23.2 Å². The van der Waals surface area contributed by atoms with Gasteiger partial charge in [0.05, 0.1) is 14.8 Å². The molecule has 0 aliphatic rings. The van der Waals surface area contributed by atoms with E-state index in [1.807, 2.05) is 12.1 Å². The number of halogens is 2. The van der Waals surface area contributed by atoms with Crippen LogP contribution in [0, 0.1) is 10.1 Å². The molecule has 0 fully saturated rings. The number of nitrogens with one attached hydrogen (secondary N) is 1. The number of nitro benzene ring substituents is 1. The normalized spacial score (nSPS) is 11.2. The van der Waals surface area contributed by atoms with Crippen molar-refractivity contribution in [2.45, 2.75) is 16.2 Å². The second-order valence-electron chi connectivity index (χ2n) is 6.47. The molecule has 0 aliphatic heterocycles. The topological polar surface area (TPSA) is 106 Å². The first-order valence-corrected chi connectivity index (χ1v) is 11.3. The monoisotopic (exact) mass is 478 g/mol. The number of hydrogen-bond donors (Lipinski definition) is 1. The van der Waals surface area contributed by atoms with Crippen molar-refractivity contribution in [1.82, 2.24) is 5.32 Å². The van der Waals surface area contributed by atoms with Gasteiger partial charge in [0.25, 0.3) is 11.6 Å². The lowest BCUT2D eigenvalue weighted by Crippen LogP contribution is -2.26. The minimum atomic E-state index is -4.27. The summed E-state index contributed by atoms with van der Waals surface area (Å²) in [6.45, 7) is 0.246. The minimum absolute atomic E-state index is 0.0380. The summed E-state index contributed by atoms with van der Waals surface area (Å²) in [5.41, 5.74) is 0.0965. The van der Waals surface area contributed by atoms with E-state index >= 15 is 0 Å².